The van der Waals surface area contributed by atoms with Gasteiger partial charge < -0.3 is 10.1 Å². The Labute approximate surface area is 186 Å². The fourth-order valence-electron chi connectivity index (χ4n) is 2.99. The Bertz CT molecular complexity index is 1360. The summed E-state index contributed by atoms with van der Waals surface area (Å²) in [6.07, 6.45) is 0. The lowest BCUT2D eigenvalue weighted by atomic mass is 10.1. The van der Waals surface area contributed by atoms with Crippen LogP contribution >= 0.6 is 23.1 Å². The number of amides is 1. The average molecular weight is 478 g/mol. The molecule has 0 saturated heterocycles. The highest BCUT2D eigenvalue weighted by atomic mass is 32.2. The SMILES string of the molecule is COc1ccc2nc(NC(=O)[C@H](NS(=O)(=O)c3cccc4nsnc34)C(C)C)sc2c1. The van der Waals surface area contributed by atoms with Crippen molar-refractivity contribution in [2.45, 2.75) is 24.8 Å². The van der Waals surface area contributed by atoms with Crippen LogP contribution in [0, 0.1) is 5.92 Å². The maximum absolute atomic E-state index is 13.0. The molecule has 0 aliphatic carbocycles. The quantitative estimate of drug-likeness (QED) is 0.419. The van der Waals surface area contributed by atoms with Crippen LogP contribution in [0.1, 0.15) is 13.8 Å². The van der Waals surface area contributed by atoms with Crippen molar-refractivity contribution in [1.82, 2.24) is 18.5 Å². The number of hydrogen-bond acceptors (Lipinski definition) is 9. The van der Waals surface area contributed by atoms with Gasteiger partial charge in [-0.3, -0.25) is 4.79 Å². The first kappa shape index (κ1) is 21.6. The molecule has 0 aliphatic heterocycles. The van der Waals surface area contributed by atoms with Crippen LogP contribution in [0.3, 0.4) is 0 Å². The smallest absolute Gasteiger partial charge is 0.244 e. The summed E-state index contributed by atoms with van der Waals surface area (Å²) in [7, 11) is -2.44. The minimum atomic E-state index is -4.01. The van der Waals surface area contributed by atoms with Crippen LogP contribution in [0.5, 0.6) is 5.75 Å². The molecule has 0 aliphatic rings. The molecule has 0 bridgehead atoms. The van der Waals surface area contributed by atoms with Gasteiger partial charge in [-0.15, -0.1) is 0 Å². The molecule has 0 saturated carbocycles. The number of hydrogen-bond donors (Lipinski definition) is 2. The van der Waals surface area contributed by atoms with Gasteiger partial charge in [0.05, 0.1) is 29.1 Å². The van der Waals surface area contributed by atoms with Crippen molar-refractivity contribution < 1.29 is 17.9 Å². The minimum absolute atomic E-state index is 0.00992. The Morgan fingerprint density at radius 3 is 2.68 bits per heavy atom. The zero-order chi connectivity index (χ0) is 22.2. The van der Waals surface area contributed by atoms with Gasteiger partial charge in [-0.05, 0) is 36.2 Å². The Balaban J connectivity index is 1.58. The zero-order valence-electron chi connectivity index (χ0n) is 16.8. The highest BCUT2D eigenvalue weighted by Gasteiger charge is 2.30. The normalized spacial score (nSPS) is 13.0. The van der Waals surface area contributed by atoms with Gasteiger partial charge in [0.15, 0.2) is 5.13 Å². The number of aromatic nitrogens is 3. The van der Waals surface area contributed by atoms with Crippen LogP contribution in [0.4, 0.5) is 5.13 Å². The first-order valence-electron chi connectivity index (χ1n) is 9.27. The molecule has 0 unspecified atom stereocenters. The Morgan fingerprint density at radius 1 is 1.13 bits per heavy atom. The third-order valence-electron chi connectivity index (χ3n) is 4.60. The predicted octanol–water partition coefficient (Wildman–Crippen LogP) is 3.25. The van der Waals surface area contributed by atoms with E-state index in [2.05, 4.69) is 23.8 Å². The number of carbonyl (C=O) groups is 1. The molecule has 2 heterocycles. The number of fused-ring (bicyclic) bond motifs is 2. The molecule has 0 spiro atoms. The van der Waals surface area contributed by atoms with Crippen LogP contribution < -0.4 is 14.8 Å². The average Bonchev–Trinajstić information content (AvgIpc) is 3.36. The molecule has 4 rings (SSSR count). The van der Waals surface area contributed by atoms with Gasteiger partial charge in [0, 0.05) is 0 Å². The number of carbonyl (C=O) groups excluding carboxylic acids is 1. The number of methoxy groups -OCH3 is 1. The van der Waals surface area contributed by atoms with Crippen LogP contribution in [0.25, 0.3) is 21.3 Å². The molecule has 2 aromatic heterocycles. The Hall–Kier alpha value is -2.67. The van der Waals surface area contributed by atoms with E-state index in [-0.39, 0.29) is 16.3 Å². The van der Waals surface area contributed by atoms with Crippen LogP contribution in [-0.2, 0) is 14.8 Å². The lowest BCUT2D eigenvalue weighted by molar-refractivity contribution is -0.118. The maximum atomic E-state index is 13.0. The number of anilines is 1. The first-order chi connectivity index (χ1) is 14.8. The summed E-state index contributed by atoms with van der Waals surface area (Å²) in [5, 5.41) is 3.11. The molecule has 4 aromatic rings. The minimum Gasteiger partial charge on any atom is -0.497 e. The lowest BCUT2D eigenvalue weighted by Crippen LogP contribution is -2.47. The molecular weight excluding hydrogens is 458 g/mol. The number of nitrogens with one attached hydrogen (secondary N) is 2. The number of sulfonamides is 1. The standard InChI is InChI=1S/C19H19N5O4S3/c1-10(2)16(24-31(26,27)15-6-4-5-13-17(15)23-30-22-13)18(25)21-19-20-12-8-7-11(28-3)9-14(12)29-19/h4-10,16,24H,1-3H3,(H,20,21,25)/t16-/m1/s1. The molecule has 1 amide bonds. The third kappa shape index (κ3) is 4.37. The number of nitrogens with zero attached hydrogens (tertiary/aromatic N) is 3. The molecule has 2 aromatic carbocycles. The summed E-state index contributed by atoms with van der Waals surface area (Å²) in [6, 6.07) is 9.13. The second-order valence-electron chi connectivity index (χ2n) is 7.07. The van der Waals surface area contributed by atoms with Crippen molar-refractivity contribution in [3.8, 4) is 5.75 Å². The van der Waals surface area contributed by atoms with Crippen molar-refractivity contribution in [3.05, 3.63) is 36.4 Å². The molecule has 12 heteroatoms. The van der Waals surface area contributed by atoms with Gasteiger partial charge in [0.2, 0.25) is 15.9 Å². The van der Waals surface area contributed by atoms with Crippen molar-refractivity contribution in [3.63, 3.8) is 0 Å². The first-order valence-corrected chi connectivity index (χ1v) is 12.3. The van der Waals surface area contributed by atoms with Crippen molar-refractivity contribution >= 4 is 65.4 Å². The number of ether oxygens (including phenoxy) is 1. The molecule has 1 atom stereocenters. The van der Waals surface area contributed by atoms with E-state index in [0.717, 1.165) is 16.4 Å². The molecule has 2 N–H and O–H groups in total. The number of thiazole rings is 1. The monoisotopic (exact) mass is 477 g/mol. The number of benzene rings is 2. The van der Waals surface area contributed by atoms with E-state index in [4.69, 9.17) is 4.74 Å². The largest absolute Gasteiger partial charge is 0.497 e. The van der Waals surface area contributed by atoms with Gasteiger partial charge in [-0.2, -0.15) is 13.5 Å². The molecule has 9 nitrogen and oxygen atoms in total. The van der Waals surface area contributed by atoms with E-state index < -0.39 is 22.0 Å². The third-order valence-corrected chi connectivity index (χ3v) is 7.54. The lowest BCUT2D eigenvalue weighted by Gasteiger charge is -2.21. The van der Waals surface area contributed by atoms with E-state index in [1.54, 1.807) is 45.2 Å². The van der Waals surface area contributed by atoms with Gasteiger partial charge in [0.1, 0.15) is 27.7 Å². The summed E-state index contributed by atoms with van der Waals surface area (Å²) in [6.45, 7) is 3.53. The highest BCUT2D eigenvalue weighted by molar-refractivity contribution is 7.89. The molecule has 162 valence electrons. The van der Waals surface area contributed by atoms with E-state index in [0.29, 0.717) is 21.9 Å². The van der Waals surface area contributed by atoms with Crippen molar-refractivity contribution in [1.29, 1.82) is 0 Å². The second-order valence-corrected chi connectivity index (χ2v) is 10.3. The zero-order valence-corrected chi connectivity index (χ0v) is 19.3. The summed E-state index contributed by atoms with van der Waals surface area (Å²) in [5.41, 5.74) is 1.48. The van der Waals surface area contributed by atoms with Crippen LogP contribution in [-0.4, -0.2) is 41.2 Å². The molecule has 0 fully saturated rings. The van der Waals surface area contributed by atoms with E-state index in [1.165, 1.54) is 17.4 Å². The van der Waals surface area contributed by atoms with Crippen molar-refractivity contribution in [2.75, 3.05) is 12.4 Å². The van der Waals surface area contributed by atoms with Crippen LogP contribution in [0.2, 0.25) is 0 Å². The van der Waals surface area contributed by atoms with E-state index in [9.17, 15) is 13.2 Å². The molecule has 31 heavy (non-hydrogen) atoms. The molecular formula is C19H19N5O4S3. The summed E-state index contributed by atoms with van der Waals surface area (Å²) >= 11 is 2.22. The van der Waals surface area contributed by atoms with Gasteiger partial charge in [-0.25, -0.2) is 13.4 Å². The Morgan fingerprint density at radius 2 is 1.94 bits per heavy atom. The fourth-order valence-corrected chi connectivity index (χ4v) is 6.00. The fraction of sp³-hybridized carbons (Fsp3) is 0.263. The van der Waals surface area contributed by atoms with Gasteiger partial charge in [-0.1, -0.05) is 31.3 Å². The summed E-state index contributed by atoms with van der Waals surface area (Å²) in [5.74, 6) is -0.113. The second kappa shape index (κ2) is 8.46. The number of rotatable bonds is 7. The van der Waals surface area contributed by atoms with E-state index in [1.807, 2.05) is 6.07 Å². The summed E-state index contributed by atoms with van der Waals surface area (Å²) in [4.78, 5) is 17.3. The predicted molar refractivity (Wildman–Crippen MR) is 121 cm³/mol. The van der Waals surface area contributed by atoms with E-state index >= 15 is 0 Å². The van der Waals surface area contributed by atoms with Gasteiger partial charge in [0.25, 0.3) is 0 Å². The van der Waals surface area contributed by atoms with Gasteiger partial charge >= 0.3 is 0 Å². The highest BCUT2D eigenvalue weighted by Crippen LogP contribution is 2.29. The van der Waals surface area contributed by atoms with Crippen LogP contribution in [0.15, 0.2) is 41.3 Å². The molecule has 0 radical (unpaired) electrons. The Kier molecular flexibility index (Phi) is 5.88. The topological polar surface area (TPSA) is 123 Å². The summed E-state index contributed by atoms with van der Waals surface area (Å²) < 4.78 is 42.8. The maximum Gasteiger partial charge on any atom is 0.244 e. The van der Waals surface area contributed by atoms with Crippen molar-refractivity contribution in [2.24, 2.45) is 5.92 Å².